The number of carbonyl (C=O) groups is 2. The molecule has 0 saturated carbocycles. The fraction of sp³-hybridized carbons (Fsp3) is 0.444. The van der Waals surface area contributed by atoms with Gasteiger partial charge in [0.15, 0.2) is 0 Å². The third-order valence-electron chi connectivity index (χ3n) is 4.35. The van der Waals surface area contributed by atoms with Gasteiger partial charge in [0.1, 0.15) is 17.5 Å². The van der Waals surface area contributed by atoms with E-state index in [1.807, 2.05) is 0 Å². The maximum atomic E-state index is 13.1. The maximum absolute atomic E-state index is 13.1. The summed E-state index contributed by atoms with van der Waals surface area (Å²) in [6, 6.07) is 5.33. The Balaban J connectivity index is 1.42. The van der Waals surface area contributed by atoms with Crippen LogP contribution in [0.15, 0.2) is 24.3 Å². The molecular weight excluding hydrogens is 337 g/mol. The first-order chi connectivity index (χ1) is 12.6. The molecule has 1 aromatic carbocycles. The van der Waals surface area contributed by atoms with Crippen LogP contribution in [-0.2, 0) is 24.2 Å². The van der Waals surface area contributed by atoms with Gasteiger partial charge >= 0.3 is 0 Å². The summed E-state index contributed by atoms with van der Waals surface area (Å²) < 4.78 is 15.2. The first kappa shape index (κ1) is 18.0. The summed E-state index contributed by atoms with van der Waals surface area (Å²) in [4.78, 5) is 23.8. The van der Waals surface area contributed by atoms with Crippen molar-refractivity contribution in [3.8, 4) is 0 Å². The number of aryl methyl sites for hydroxylation is 1. The molecule has 0 aliphatic carbocycles. The van der Waals surface area contributed by atoms with Gasteiger partial charge in [-0.25, -0.2) is 4.39 Å². The average Bonchev–Trinajstić information content (AvgIpc) is 2.86. The second-order valence-corrected chi connectivity index (χ2v) is 6.29. The normalized spacial score (nSPS) is 13.6. The van der Waals surface area contributed by atoms with Crippen LogP contribution in [0.25, 0.3) is 0 Å². The average molecular weight is 359 g/mol. The fourth-order valence-electron chi connectivity index (χ4n) is 3.00. The van der Waals surface area contributed by atoms with Crippen LogP contribution < -0.4 is 10.6 Å². The molecule has 0 spiro atoms. The highest BCUT2D eigenvalue weighted by molar-refractivity contribution is 5.96. The van der Waals surface area contributed by atoms with Crippen molar-refractivity contribution < 1.29 is 14.0 Å². The molecule has 26 heavy (non-hydrogen) atoms. The smallest absolute Gasteiger partial charge is 0.251 e. The largest absolute Gasteiger partial charge is 0.354 e. The van der Waals surface area contributed by atoms with Crippen LogP contribution in [0.2, 0.25) is 0 Å². The van der Waals surface area contributed by atoms with Crippen LogP contribution in [0.1, 0.15) is 41.3 Å². The highest BCUT2D eigenvalue weighted by Gasteiger charge is 2.14. The Morgan fingerprint density at radius 1 is 1.15 bits per heavy atom. The molecule has 1 aromatic heterocycles. The number of aromatic nitrogens is 3. The second-order valence-electron chi connectivity index (χ2n) is 6.29. The number of benzene rings is 1. The van der Waals surface area contributed by atoms with Gasteiger partial charge in [0.05, 0.1) is 6.54 Å². The lowest BCUT2D eigenvalue weighted by atomic mass is 10.2. The van der Waals surface area contributed by atoms with Gasteiger partial charge < -0.3 is 15.2 Å². The monoisotopic (exact) mass is 359 g/mol. The quantitative estimate of drug-likeness (QED) is 0.812. The van der Waals surface area contributed by atoms with Gasteiger partial charge in [-0.2, -0.15) is 0 Å². The zero-order valence-corrected chi connectivity index (χ0v) is 14.5. The van der Waals surface area contributed by atoms with Gasteiger partial charge in [-0.15, -0.1) is 10.2 Å². The first-order valence-electron chi connectivity index (χ1n) is 8.85. The van der Waals surface area contributed by atoms with E-state index in [9.17, 15) is 14.0 Å². The number of amides is 2. The third kappa shape index (κ3) is 4.65. The summed E-state index contributed by atoms with van der Waals surface area (Å²) in [5.74, 6) is 0.625. The fourth-order valence-corrected chi connectivity index (χ4v) is 3.00. The van der Waals surface area contributed by atoms with E-state index < -0.39 is 11.7 Å². The van der Waals surface area contributed by atoms with Crippen molar-refractivity contribution in [1.29, 1.82) is 0 Å². The summed E-state index contributed by atoms with van der Waals surface area (Å²) in [6.07, 6.45) is 5.00. The molecule has 0 fully saturated rings. The van der Waals surface area contributed by atoms with E-state index in [4.69, 9.17) is 0 Å². The van der Waals surface area contributed by atoms with Crippen molar-refractivity contribution in [2.24, 2.45) is 0 Å². The van der Waals surface area contributed by atoms with Crippen molar-refractivity contribution in [2.75, 3.05) is 13.1 Å². The molecule has 0 radical (unpaired) electrons. The van der Waals surface area contributed by atoms with E-state index in [2.05, 4.69) is 25.4 Å². The van der Waals surface area contributed by atoms with Crippen LogP contribution in [0.5, 0.6) is 0 Å². The highest BCUT2D eigenvalue weighted by Crippen LogP contribution is 2.14. The van der Waals surface area contributed by atoms with E-state index >= 15 is 0 Å². The van der Waals surface area contributed by atoms with Gasteiger partial charge in [0, 0.05) is 31.5 Å². The Morgan fingerprint density at radius 2 is 2.04 bits per heavy atom. The van der Waals surface area contributed by atoms with Gasteiger partial charge in [0.25, 0.3) is 5.91 Å². The zero-order chi connectivity index (χ0) is 18.4. The molecule has 2 aromatic rings. The molecule has 138 valence electrons. The van der Waals surface area contributed by atoms with Gasteiger partial charge in [0.2, 0.25) is 5.91 Å². The van der Waals surface area contributed by atoms with Gasteiger partial charge in [-0.1, -0.05) is 12.5 Å². The number of rotatable bonds is 6. The predicted molar refractivity (Wildman–Crippen MR) is 93.0 cm³/mol. The van der Waals surface area contributed by atoms with Crippen LogP contribution in [0, 0.1) is 5.82 Å². The minimum Gasteiger partial charge on any atom is -0.354 e. The molecule has 0 atom stereocenters. The van der Waals surface area contributed by atoms with Crippen LogP contribution >= 0.6 is 0 Å². The number of nitrogens with one attached hydrogen (secondary N) is 2. The lowest BCUT2D eigenvalue weighted by molar-refractivity contribution is -0.120. The van der Waals surface area contributed by atoms with Crippen molar-refractivity contribution >= 4 is 11.8 Å². The topological polar surface area (TPSA) is 88.9 Å². The highest BCUT2D eigenvalue weighted by atomic mass is 19.1. The maximum Gasteiger partial charge on any atom is 0.251 e. The molecule has 0 unspecified atom stereocenters. The van der Waals surface area contributed by atoms with Crippen LogP contribution in [0.3, 0.4) is 0 Å². The van der Waals surface area contributed by atoms with Crippen LogP contribution in [-0.4, -0.2) is 39.7 Å². The number of hydrogen-bond donors (Lipinski definition) is 2. The second kappa shape index (κ2) is 8.55. The summed E-state index contributed by atoms with van der Waals surface area (Å²) >= 11 is 0. The Hall–Kier alpha value is -2.77. The Bertz CT molecular complexity index is 790. The lowest BCUT2D eigenvalue weighted by Gasteiger charge is -2.09. The van der Waals surface area contributed by atoms with Crippen molar-refractivity contribution in [2.45, 2.75) is 38.6 Å². The van der Waals surface area contributed by atoms with E-state index in [1.54, 1.807) is 0 Å². The van der Waals surface area contributed by atoms with E-state index in [0.717, 1.165) is 43.5 Å². The number of fused-ring (bicyclic) bond motifs is 1. The molecule has 7 nitrogen and oxygen atoms in total. The Kier molecular flexibility index (Phi) is 5.93. The standard InChI is InChI=1S/C18H22FN5O2/c19-14-6-4-5-13(11-14)18(26)21-12-17(25)20-9-8-16-23-22-15-7-2-1-3-10-24(15)16/h4-6,11H,1-3,7-10,12H2,(H,20,25)(H,21,26). The third-order valence-corrected chi connectivity index (χ3v) is 4.35. The van der Waals surface area contributed by atoms with E-state index in [0.29, 0.717) is 13.0 Å². The van der Waals surface area contributed by atoms with E-state index in [1.165, 1.54) is 24.6 Å². The van der Waals surface area contributed by atoms with Crippen molar-refractivity contribution in [3.05, 3.63) is 47.3 Å². The minimum atomic E-state index is -0.491. The zero-order valence-electron chi connectivity index (χ0n) is 14.5. The summed E-state index contributed by atoms with van der Waals surface area (Å²) in [5.41, 5.74) is 0.184. The Morgan fingerprint density at radius 3 is 2.88 bits per heavy atom. The van der Waals surface area contributed by atoms with Crippen molar-refractivity contribution in [3.63, 3.8) is 0 Å². The van der Waals surface area contributed by atoms with Crippen molar-refractivity contribution in [1.82, 2.24) is 25.4 Å². The molecule has 1 aliphatic rings. The number of halogens is 1. The summed E-state index contributed by atoms with van der Waals surface area (Å²) in [6.45, 7) is 1.19. The molecule has 2 heterocycles. The minimum absolute atomic E-state index is 0.159. The first-order valence-corrected chi connectivity index (χ1v) is 8.85. The molecular formula is C18H22FN5O2. The number of hydrogen-bond acceptors (Lipinski definition) is 4. The SMILES string of the molecule is O=C(CNC(=O)c1cccc(F)c1)NCCc1nnc2n1CCCCC2. The molecule has 2 amide bonds. The molecule has 3 rings (SSSR count). The van der Waals surface area contributed by atoms with E-state index in [-0.39, 0.29) is 18.0 Å². The number of nitrogens with zero attached hydrogens (tertiary/aromatic N) is 3. The predicted octanol–water partition coefficient (Wildman–Crippen LogP) is 1.23. The van der Waals surface area contributed by atoms with Gasteiger partial charge in [-0.05, 0) is 31.0 Å². The molecule has 8 heteroatoms. The van der Waals surface area contributed by atoms with Crippen LogP contribution in [0.4, 0.5) is 4.39 Å². The molecule has 0 bridgehead atoms. The lowest BCUT2D eigenvalue weighted by Crippen LogP contribution is -2.37. The molecule has 1 aliphatic heterocycles. The summed E-state index contributed by atoms with van der Waals surface area (Å²) in [5, 5.41) is 13.7. The Labute approximate surface area is 151 Å². The summed E-state index contributed by atoms with van der Waals surface area (Å²) in [7, 11) is 0. The molecule has 2 N–H and O–H groups in total. The molecule has 0 saturated heterocycles. The number of carbonyl (C=O) groups excluding carboxylic acids is 2. The van der Waals surface area contributed by atoms with Gasteiger partial charge in [-0.3, -0.25) is 9.59 Å².